The van der Waals surface area contributed by atoms with Crippen LogP contribution in [-0.2, 0) is 6.61 Å². The van der Waals surface area contributed by atoms with Crippen LogP contribution in [0.1, 0.15) is 27.6 Å². The van der Waals surface area contributed by atoms with Crippen LogP contribution < -0.4 is 0 Å². The van der Waals surface area contributed by atoms with Gasteiger partial charge in [0.05, 0.1) is 17.6 Å². The molecule has 0 radical (unpaired) electrons. The number of aromatic nitrogens is 1. The Balaban J connectivity index is 1.98. The minimum atomic E-state index is -0.00255. The summed E-state index contributed by atoms with van der Waals surface area (Å²) in [5.41, 5.74) is 4.59. The van der Waals surface area contributed by atoms with Crippen molar-refractivity contribution in [1.29, 1.82) is 0 Å². The molecule has 22 heavy (non-hydrogen) atoms. The fourth-order valence-corrected chi connectivity index (χ4v) is 4.58. The van der Waals surface area contributed by atoms with E-state index in [1.165, 1.54) is 16.7 Å². The van der Waals surface area contributed by atoms with Gasteiger partial charge in [-0.3, -0.25) is 0 Å². The molecule has 112 valence electrons. The van der Waals surface area contributed by atoms with E-state index >= 15 is 0 Å². The first kappa shape index (κ1) is 15.3. The van der Waals surface area contributed by atoms with E-state index in [9.17, 15) is 5.11 Å². The largest absolute Gasteiger partial charge is 0.390 e. The Hall–Kier alpha value is -1.62. The lowest BCUT2D eigenvalue weighted by Gasteiger charge is -2.18. The molecule has 2 nitrogen and oxygen atoms in total. The van der Waals surface area contributed by atoms with E-state index in [0.29, 0.717) is 0 Å². The summed E-state index contributed by atoms with van der Waals surface area (Å²) in [6.45, 7) is 2.14. The second-order valence-corrected chi connectivity index (χ2v) is 7.24. The maximum atomic E-state index is 9.20. The van der Waals surface area contributed by atoms with E-state index in [-0.39, 0.29) is 11.9 Å². The van der Waals surface area contributed by atoms with E-state index in [0.717, 1.165) is 10.0 Å². The lowest BCUT2D eigenvalue weighted by Crippen LogP contribution is -1.99. The summed E-state index contributed by atoms with van der Waals surface area (Å²) in [7, 11) is 0. The smallest absolute Gasteiger partial charge is 0.151 e. The molecule has 0 bridgehead atoms. The fraction of sp³-hybridized carbons (Fsp3) is 0.167. The highest BCUT2D eigenvalue weighted by Gasteiger charge is 2.19. The van der Waals surface area contributed by atoms with Crippen molar-refractivity contribution in [3.05, 3.63) is 82.4 Å². The molecule has 0 aliphatic carbocycles. The van der Waals surface area contributed by atoms with Gasteiger partial charge in [0.1, 0.15) is 0 Å². The molecule has 0 spiro atoms. The Morgan fingerprint density at radius 1 is 1.09 bits per heavy atom. The Morgan fingerprint density at radius 2 is 1.82 bits per heavy atom. The van der Waals surface area contributed by atoms with Crippen molar-refractivity contribution in [3.63, 3.8) is 0 Å². The molecule has 0 fully saturated rings. The van der Waals surface area contributed by atoms with Crippen molar-refractivity contribution in [2.45, 2.75) is 23.1 Å². The lowest BCUT2D eigenvalue weighted by atomic mass is 10.0. The molecular weight excluding hydrogens is 310 g/mol. The highest BCUT2D eigenvalue weighted by molar-refractivity contribution is 8.01. The topological polar surface area (TPSA) is 33.1 Å². The van der Waals surface area contributed by atoms with Crippen molar-refractivity contribution >= 4 is 23.1 Å². The van der Waals surface area contributed by atoms with E-state index in [2.05, 4.69) is 60.4 Å². The zero-order chi connectivity index (χ0) is 15.4. The monoisotopic (exact) mass is 327 g/mol. The predicted molar refractivity (Wildman–Crippen MR) is 93.4 cm³/mol. The van der Waals surface area contributed by atoms with Gasteiger partial charge < -0.3 is 5.11 Å². The van der Waals surface area contributed by atoms with E-state index < -0.39 is 0 Å². The van der Waals surface area contributed by atoms with Crippen LogP contribution in [0.5, 0.6) is 0 Å². The van der Waals surface area contributed by atoms with Crippen LogP contribution in [0.15, 0.2) is 64.3 Å². The van der Waals surface area contributed by atoms with Gasteiger partial charge >= 0.3 is 0 Å². The Morgan fingerprint density at radius 3 is 2.50 bits per heavy atom. The molecular formula is C18H17NOS2. The van der Waals surface area contributed by atoms with Gasteiger partial charge in [-0.25, -0.2) is 4.98 Å². The first-order chi connectivity index (χ1) is 10.8. The first-order valence-corrected chi connectivity index (χ1v) is 8.86. The number of thioether (sulfide) groups is 1. The van der Waals surface area contributed by atoms with Gasteiger partial charge in [-0.15, -0.1) is 11.3 Å². The average molecular weight is 327 g/mol. The Kier molecular flexibility index (Phi) is 4.93. The van der Waals surface area contributed by atoms with Gasteiger partial charge in [-0.05, 0) is 23.6 Å². The third kappa shape index (κ3) is 3.40. The summed E-state index contributed by atoms with van der Waals surface area (Å²) < 4.78 is 0.987. The van der Waals surface area contributed by atoms with Crippen molar-refractivity contribution in [2.75, 3.05) is 0 Å². The highest BCUT2D eigenvalue weighted by atomic mass is 32.2. The predicted octanol–water partition coefficient (Wildman–Crippen LogP) is 4.83. The number of thiazole rings is 1. The average Bonchev–Trinajstić information content (AvgIpc) is 3.02. The molecule has 0 amide bonds. The summed E-state index contributed by atoms with van der Waals surface area (Å²) in [5.74, 6) is 0. The molecule has 4 heteroatoms. The van der Waals surface area contributed by atoms with Crippen molar-refractivity contribution in [1.82, 2.24) is 4.98 Å². The normalized spacial score (nSPS) is 12.3. The fourth-order valence-electron chi connectivity index (χ4n) is 2.34. The Bertz CT molecular complexity index is 740. The van der Waals surface area contributed by atoms with Crippen LogP contribution in [0.25, 0.3) is 0 Å². The second kappa shape index (κ2) is 7.09. The van der Waals surface area contributed by atoms with Gasteiger partial charge in [0.15, 0.2) is 4.34 Å². The standard InChI is InChI=1S/C18H17NOS2/c1-13-7-5-6-10-16(13)17(14-8-3-2-4-9-14)22-18-19-15(11-20)12-21-18/h2-10,12,17,20H,11H2,1H3. The van der Waals surface area contributed by atoms with Crippen LogP contribution in [0, 0.1) is 6.92 Å². The SMILES string of the molecule is Cc1ccccc1C(Sc1nc(CO)cs1)c1ccccc1. The van der Waals surface area contributed by atoms with Gasteiger partial charge in [0.25, 0.3) is 0 Å². The molecule has 1 heterocycles. The third-order valence-electron chi connectivity index (χ3n) is 3.48. The Labute approximate surface area is 138 Å². The number of hydrogen-bond donors (Lipinski definition) is 1. The highest BCUT2D eigenvalue weighted by Crippen LogP contribution is 2.42. The number of rotatable bonds is 5. The summed E-state index contributed by atoms with van der Waals surface area (Å²) in [5, 5.41) is 11.3. The number of aliphatic hydroxyl groups excluding tert-OH is 1. The minimum Gasteiger partial charge on any atom is -0.390 e. The molecule has 1 atom stereocenters. The van der Waals surface area contributed by atoms with Gasteiger partial charge in [-0.1, -0.05) is 66.4 Å². The summed E-state index contributed by atoms with van der Waals surface area (Å²) >= 11 is 3.33. The lowest BCUT2D eigenvalue weighted by molar-refractivity contribution is 0.277. The second-order valence-electron chi connectivity index (χ2n) is 5.03. The minimum absolute atomic E-state index is 0.00255. The maximum absolute atomic E-state index is 9.20. The third-order valence-corrected chi connectivity index (χ3v) is 5.80. The van der Waals surface area contributed by atoms with Crippen LogP contribution in [-0.4, -0.2) is 10.1 Å². The van der Waals surface area contributed by atoms with Crippen LogP contribution >= 0.6 is 23.1 Å². The molecule has 1 aromatic heterocycles. The maximum Gasteiger partial charge on any atom is 0.151 e. The number of hydrogen-bond acceptors (Lipinski definition) is 4. The molecule has 3 aromatic rings. The zero-order valence-corrected chi connectivity index (χ0v) is 13.9. The van der Waals surface area contributed by atoms with Gasteiger partial charge in [-0.2, -0.15) is 0 Å². The molecule has 0 aliphatic rings. The van der Waals surface area contributed by atoms with Crippen molar-refractivity contribution < 1.29 is 5.11 Å². The quantitative estimate of drug-likeness (QED) is 0.682. The van der Waals surface area contributed by atoms with Crippen LogP contribution in [0.4, 0.5) is 0 Å². The van der Waals surface area contributed by atoms with Crippen LogP contribution in [0.3, 0.4) is 0 Å². The number of aryl methyl sites for hydroxylation is 1. The van der Waals surface area contributed by atoms with E-state index in [4.69, 9.17) is 0 Å². The summed E-state index contributed by atoms with van der Waals surface area (Å²) in [6.07, 6.45) is 0. The van der Waals surface area contributed by atoms with E-state index in [1.54, 1.807) is 23.1 Å². The molecule has 2 aromatic carbocycles. The molecule has 0 aliphatic heterocycles. The molecule has 0 saturated carbocycles. The molecule has 3 rings (SSSR count). The summed E-state index contributed by atoms with van der Waals surface area (Å²) in [4.78, 5) is 4.48. The van der Waals surface area contributed by atoms with Crippen molar-refractivity contribution in [2.24, 2.45) is 0 Å². The van der Waals surface area contributed by atoms with Gasteiger partial charge in [0.2, 0.25) is 0 Å². The zero-order valence-electron chi connectivity index (χ0n) is 12.3. The number of benzene rings is 2. The molecule has 1 N–H and O–H groups in total. The van der Waals surface area contributed by atoms with Crippen molar-refractivity contribution in [3.8, 4) is 0 Å². The van der Waals surface area contributed by atoms with Crippen LogP contribution in [0.2, 0.25) is 0 Å². The summed E-state index contributed by atoms with van der Waals surface area (Å²) in [6, 6.07) is 19.0. The molecule has 1 unspecified atom stereocenters. The molecule has 0 saturated heterocycles. The van der Waals surface area contributed by atoms with E-state index in [1.807, 2.05) is 11.4 Å². The first-order valence-electron chi connectivity index (χ1n) is 7.10. The number of aliphatic hydroxyl groups is 1. The number of nitrogens with zero attached hydrogens (tertiary/aromatic N) is 1. The van der Waals surface area contributed by atoms with Gasteiger partial charge in [0, 0.05) is 5.38 Å².